The maximum atomic E-state index is 12.5. The second kappa shape index (κ2) is 10.0. The van der Waals surface area contributed by atoms with Gasteiger partial charge < -0.3 is 25.2 Å². The zero-order valence-corrected chi connectivity index (χ0v) is 17.0. The molecule has 3 rings (SSSR count). The van der Waals surface area contributed by atoms with Crippen LogP contribution in [-0.2, 0) is 16.1 Å². The molecule has 0 saturated carbocycles. The molecule has 0 radical (unpaired) electrons. The van der Waals surface area contributed by atoms with E-state index in [0.717, 1.165) is 43.2 Å². The van der Waals surface area contributed by atoms with Gasteiger partial charge in [-0.05, 0) is 56.1 Å². The van der Waals surface area contributed by atoms with Crippen molar-refractivity contribution in [2.24, 2.45) is 0 Å². The van der Waals surface area contributed by atoms with Crippen molar-refractivity contribution >= 4 is 23.2 Å². The molecule has 7 heteroatoms. The van der Waals surface area contributed by atoms with Crippen molar-refractivity contribution < 1.29 is 14.3 Å². The van der Waals surface area contributed by atoms with Crippen LogP contribution in [0.1, 0.15) is 15.9 Å². The maximum absolute atomic E-state index is 12.5. The van der Waals surface area contributed by atoms with Gasteiger partial charge >= 0.3 is 0 Å². The lowest BCUT2D eigenvalue weighted by molar-refractivity contribution is -0.116. The summed E-state index contributed by atoms with van der Waals surface area (Å²) >= 11 is 0. The van der Waals surface area contributed by atoms with Crippen LogP contribution >= 0.6 is 0 Å². The summed E-state index contributed by atoms with van der Waals surface area (Å²) in [7, 11) is 3.69. The van der Waals surface area contributed by atoms with Crippen molar-refractivity contribution in [1.82, 2.24) is 10.2 Å². The molecule has 0 atom stereocenters. The molecule has 0 aromatic heterocycles. The second-order valence-electron chi connectivity index (χ2n) is 7.32. The lowest BCUT2D eigenvalue weighted by Gasteiger charge is -2.28. The Balaban J connectivity index is 1.53. The van der Waals surface area contributed by atoms with Gasteiger partial charge in [0.2, 0.25) is 5.91 Å². The molecular formula is C22H28N4O3. The van der Waals surface area contributed by atoms with Crippen LogP contribution in [0.4, 0.5) is 11.4 Å². The number of carbonyl (C=O) groups excluding carboxylic acids is 2. The number of hydrogen-bond acceptors (Lipinski definition) is 5. The van der Waals surface area contributed by atoms with Crippen LogP contribution in [0.25, 0.3) is 0 Å². The number of hydrogen-bond donors (Lipinski definition) is 2. The monoisotopic (exact) mass is 396 g/mol. The molecule has 1 aliphatic rings. The summed E-state index contributed by atoms with van der Waals surface area (Å²) in [6.07, 6.45) is 0. The van der Waals surface area contributed by atoms with Gasteiger partial charge in [-0.25, -0.2) is 0 Å². The fraction of sp³-hybridized carbons (Fsp3) is 0.364. The summed E-state index contributed by atoms with van der Waals surface area (Å²) in [5.74, 6) is -0.197. The standard InChI is InChI=1S/C22H28N4O3/c1-25(2)16-21(27)24-19-5-3-4-17(14-19)15-23-22(28)18-6-8-20(9-7-18)26-10-12-29-13-11-26/h3-9,14H,10-13,15-16H2,1-2H3,(H,23,28)(H,24,27). The number of nitrogens with zero attached hydrogens (tertiary/aromatic N) is 2. The highest BCUT2D eigenvalue weighted by Crippen LogP contribution is 2.17. The van der Waals surface area contributed by atoms with E-state index in [2.05, 4.69) is 15.5 Å². The van der Waals surface area contributed by atoms with Gasteiger partial charge in [0.1, 0.15) is 0 Å². The fourth-order valence-corrected chi connectivity index (χ4v) is 3.18. The molecule has 0 unspecified atom stereocenters. The molecule has 0 spiro atoms. The molecule has 2 N–H and O–H groups in total. The predicted molar refractivity (Wildman–Crippen MR) is 114 cm³/mol. The van der Waals surface area contributed by atoms with Gasteiger partial charge in [-0.2, -0.15) is 0 Å². The lowest BCUT2D eigenvalue weighted by atomic mass is 10.1. The SMILES string of the molecule is CN(C)CC(=O)Nc1cccc(CNC(=O)c2ccc(N3CCOCC3)cc2)c1. The van der Waals surface area contributed by atoms with Crippen LogP contribution in [0.2, 0.25) is 0 Å². The van der Waals surface area contributed by atoms with Crippen molar-refractivity contribution in [2.75, 3.05) is 57.2 Å². The van der Waals surface area contributed by atoms with Crippen molar-refractivity contribution in [3.63, 3.8) is 0 Å². The minimum Gasteiger partial charge on any atom is -0.378 e. The Morgan fingerprint density at radius 1 is 1.07 bits per heavy atom. The largest absolute Gasteiger partial charge is 0.378 e. The van der Waals surface area contributed by atoms with Gasteiger partial charge in [0, 0.05) is 36.6 Å². The van der Waals surface area contributed by atoms with E-state index < -0.39 is 0 Å². The predicted octanol–water partition coefficient (Wildman–Crippen LogP) is 1.95. The van der Waals surface area contributed by atoms with Crippen molar-refractivity contribution in [1.29, 1.82) is 0 Å². The molecule has 7 nitrogen and oxygen atoms in total. The van der Waals surface area contributed by atoms with Gasteiger partial charge in [-0.1, -0.05) is 12.1 Å². The number of amides is 2. The van der Waals surface area contributed by atoms with Gasteiger partial charge in [-0.3, -0.25) is 9.59 Å². The molecule has 29 heavy (non-hydrogen) atoms. The highest BCUT2D eigenvalue weighted by atomic mass is 16.5. The number of rotatable bonds is 7. The molecule has 1 saturated heterocycles. The fourth-order valence-electron chi connectivity index (χ4n) is 3.18. The first-order chi connectivity index (χ1) is 14.0. The molecule has 1 aliphatic heterocycles. The number of likely N-dealkylation sites (N-methyl/N-ethyl adjacent to an activating group) is 1. The second-order valence-corrected chi connectivity index (χ2v) is 7.32. The van der Waals surface area contributed by atoms with Crippen LogP contribution in [-0.4, -0.2) is 63.7 Å². The molecule has 154 valence electrons. The summed E-state index contributed by atoms with van der Waals surface area (Å²) in [6, 6.07) is 15.1. The Hall–Kier alpha value is -2.90. The number of morpholine rings is 1. The van der Waals surface area contributed by atoms with Crippen molar-refractivity contribution in [3.8, 4) is 0 Å². The number of nitrogens with one attached hydrogen (secondary N) is 2. The van der Waals surface area contributed by atoms with Crippen LogP contribution in [0.15, 0.2) is 48.5 Å². The molecule has 1 heterocycles. The van der Waals surface area contributed by atoms with Crippen LogP contribution < -0.4 is 15.5 Å². The Labute approximate surface area is 171 Å². The van der Waals surface area contributed by atoms with E-state index in [0.29, 0.717) is 18.7 Å². The van der Waals surface area contributed by atoms with Gasteiger partial charge in [0.15, 0.2) is 0 Å². The highest BCUT2D eigenvalue weighted by Gasteiger charge is 2.12. The van der Waals surface area contributed by atoms with E-state index in [1.165, 1.54) is 0 Å². The van der Waals surface area contributed by atoms with E-state index in [-0.39, 0.29) is 11.8 Å². The highest BCUT2D eigenvalue weighted by molar-refractivity contribution is 5.94. The minimum absolute atomic E-state index is 0.0726. The Kier molecular flexibility index (Phi) is 7.21. The first-order valence-electron chi connectivity index (χ1n) is 9.76. The van der Waals surface area contributed by atoms with E-state index >= 15 is 0 Å². The molecule has 0 aliphatic carbocycles. The smallest absolute Gasteiger partial charge is 0.251 e. The van der Waals surface area contributed by atoms with Crippen molar-refractivity contribution in [2.45, 2.75) is 6.54 Å². The van der Waals surface area contributed by atoms with Gasteiger partial charge in [0.25, 0.3) is 5.91 Å². The molecule has 2 amide bonds. The van der Waals surface area contributed by atoms with Crippen LogP contribution in [0.3, 0.4) is 0 Å². The third-order valence-corrected chi connectivity index (χ3v) is 4.63. The number of carbonyl (C=O) groups is 2. The summed E-state index contributed by atoms with van der Waals surface area (Å²) in [5, 5.41) is 5.80. The normalized spacial score (nSPS) is 14.0. The molecule has 2 aromatic carbocycles. The van der Waals surface area contributed by atoms with E-state index in [1.54, 1.807) is 0 Å². The summed E-state index contributed by atoms with van der Waals surface area (Å²) in [5.41, 5.74) is 3.37. The quantitative estimate of drug-likeness (QED) is 0.748. The summed E-state index contributed by atoms with van der Waals surface area (Å²) in [4.78, 5) is 28.4. The Bertz CT molecular complexity index is 830. The Morgan fingerprint density at radius 3 is 2.48 bits per heavy atom. The van der Waals surface area contributed by atoms with Crippen molar-refractivity contribution in [3.05, 3.63) is 59.7 Å². The van der Waals surface area contributed by atoms with Gasteiger partial charge in [0.05, 0.1) is 19.8 Å². The zero-order valence-electron chi connectivity index (χ0n) is 17.0. The van der Waals surface area contributed by atoms with E-state index in [1.807, 2.05) is 67.5 Å². The topological polar surface area (TPSA) is 73.9 Å². The summed E-state index contributed by atoms with van der Waals surface area (Å²) < 4.78 is 5.37. The minimum atomic E-state index is -0.124. The van der Waals surface area contributed by atoms with Crippen LogP contribution in [0.5, 0.6) is 0 Å². The zero-order chi connectivity index (χ0) is 20.6. The number of anilines is 2. The first kappa shape index (κ1) is 20.8. The number of benzene rings is 2. The lowest BCUT2D eigenvalue weighted by Crippen LogP contribution is -2.36. The molecule has 2 aromatic rings. The maximum Gasteiger partial charge on any atom is 0.251 e. The van der Waals surface area contributed by atoms with E-state index in [4.69, 9.17) is 4.74 Å². The number of ether oxygens (including phenoxy) is 1. The van der Waals surface area contributed by atoms with Gasteiger partial charge in [-0.15, -0.1) is 0 Å². The molecular weight excluding hydrogens is 368 g/mol. The third kappa shape index (κ3) is 6.30. The van der Waals surface area contributed by atoms with E-state index in [9.17, 15) is 9.59 Å². The first-order valence-corrected chi connectivity index (χ1v) is 9.76. The molecule has 0 bridgehead atoms. The molecule has 1 fully saturated rings. The van der Waals surface area contributed by atoms with Crippen LogP contribution in [0, 0.1) is 0 Å². The Morgan fingerprint density at radius 2 is 1.79 bits per heavy atom. The third-order valence-electron chi connectivity index (χ3n) is 4.63. The average Bonchev–Trinajstić information content (AvgIpc) is 2.72. The summed E-state index contributed by atoms with van der Waals surface area (Å²) in [6.45, 7) is 3.91. The average molecular weight is 396 g/mol.